The highest BCUT2D eigenvalue weighted by Gasteiger charge is 2.16. The average molecular weight is 473 g/mol. The molecule has 0 bridgehead atoms. The van der Waals surface area contributed by atoms with E-state index in [1.165, 1.54) is 63.5 Å². The van der Waals surface area contributed by atoms with Gasteiger partial charge in [-0.15, -0.1) is 0 Å². The van der Waals surface area contributed by atoms with Crippen molar-refractivity contribution in [2.45, 2.75) is 82.6 Å². The Morgan fingerprint density at radius 2 is 1.52 bits per heavy atom. The predicted octanol–water partition coefficient (Wildman–Crippen LogP) is 6.16. The van der Waals surface area contributed by atoms with Crippen LogP contribution in [0, 0.1) is 0 Å². The third-order valence-electron chi connectivity index (χ3n) is 6.06. The lowest BCUT2D eigenvalue weighted by Gasteiger charge is -2.10. The van der Waals surface area contributed by atoms with Gasteiger partial charge < -0.3 is 9.99 Å². The third kappa shape index (κ3) is 7.03. The SMILES string of the molecule is CCCCCCCCCCCCn1c(-c2ccc(NN)cc2)nc2cc(S(=O)(=O)O)ccc21. The van der Waals surface area contributed by atoms with Crippen molar-refractivity contribution in [1.29, 1.82) is 0 Å². The molecule has 33 heavy (non-hydrogen) atoms. The molecule has 180 valence electrons. The van der Waals surface area contributed by atoms with E-state index in [0.29, 0.717) is 5.52 Å². The van der Waals surface area contributed by atoms with Gasteiger partial charge in [0.05, 0.1) is 15.9 Å². The molecule has 3 aromatic rings. The summed E-state index contributed by atoms with van der Waals surface area (Å²) in [4.78, 5) is 4.57. The number of nitrogens with one attached hydrogen (secondary N) is 1. The molecule has 7 nitrogen and oxygen atoms in total. The molecule has 8 heteroatoms. The van der Waals surface area contributed by atoms with Gasteiger partial charge in [-0.3, -0.25) is 10.4 Å². The molecule has 3 rings (SSSR count). The summed E-state index contributed by atoms with van der Waals surface area (Å²) in [5.74, 6) is 6.26. The van der Waals surface area contributed by atoms with E-state index >= 15 is 0 Å². The van der Waals surface area contributed by atoms with Crippen LogP contribution in [0.1, 0.15) is 71.1 Å². The topological polar surface area (TPSA) is 110 Å². The Labute approximate surface area is 197 Å². The molecule has 2 aromatic carbocycles. The first-order valence-corrected chi connectivity index (χ1v) is 13.4. The first kappa shape index (κ1) is 25.2. The number of fused-ring (bicyclic) bond motifs is 1. The minimum atomic E-state index is -4.28. The monoisotopic (exact) mass is 472 g/mol. The van der Waals surface area contributed by atoms with Crippen LogP contribution in [0.2, 0.25) is 0 Å². The van der Waals surface area contributed by atoms with Crippen molar-refractivity contribution in [2.24, 2.45) is 5.84 Å². The van der Waals surface area contributed by atoms with Crippen LogP contribution in [0.5, 0.6) is 0 Å². The zero-order valence-corrected chi connectivity index (χ0v) is 20.3. The van der Waals surface area contributed by atoms with Crippen LogP contribution >= 0.6 is 0 Å². The summed E-state index contributed by atoms with van der Waals surface area (Å²) < 4.78 is 34.7. The quantitative estimate of drug-likeness (QED) is 0.112. The fraction of sp³-hybridized carbons (Fsp3) is 0.480. The molecule has 4 N–H and O–H groups in total. The van der Waals surface area contributed by atoms with Crippen molar-refractivity contribution in [3.8, 4) is 11.4 Å². The average Bonchev–Trinajstić information content (AvgIpc) is 3.17. The van der Waals surface area contributed by atoms with E-state index in [-0.39, 0.29) is 4.90 Å². The molecule has 0 saturated heterocycles. The lowest BCUT2D eigenvalue weighted by atomic mass is 10.1. The highest BCUT2D eigenvalue weighted by Crippen LogP contribution is 2.28. The van der Waals surface area contributed by atoms with Gasteiger partial charge in [-0.25, -0.2) is 4.98 Å². The van der Waals surface area contributed by atoms with E-state index in [4.69, 9.17) is 10.8 Å². The second-order valence-electron chi connectivity index (χ2n) is 8.62. The van der Waals surface area contributed by atoms with E-state index in [1.807, 2.05) is 24.3 Å². The molecule has 1 aromatic heterocycles. The number of aromatic nitrogens is 2. The van der Waals surface area contributed by atoms with Crippen molar-refractivity contribution in [2.75, 3.05) is 5.43 Å². The number of nitrogens with two attached hydrogens (primary N) is 1. The molecule has 0 atom stereocenters. The van der Waals surface area contributed by atoms with Crippen molar-refractivity contribution in [3.05, 3.63) is 42.5 Å². The van der Waals surface area contributed by atoms with Crippen LogP contribution < -0.4 is 11.3 Å². The van der Waals surface area contributed by atoms with Gasteiger partial charge in [0.2, 0.25) is 0 Å². The Morgan fingerprint density at radius 3 is 2.09 bits per heavy atom. The van der Waals surface area contributed by atoms with Crippen molar-refractivity contribution < 1.29 is 13.0 Å². The van der Waals surface area contributed by atoms with Gasteiger partial charge in [0.1, 0.15) is 5.82 Å². The highest BCUT2D eigenvalue weighted by molar-refractivity contribution is 7.85. The van der Waals surface area contributed by atoms with Crippen LogP contribution in [-0.4, -0.2) is 22.5 Å². The van der Waals surface area contributed by atoms with Crippen LogP contribution in [0.4, 0.5) is 5.69 Å². The van der Waals surface area contributed by atoms with Crippen LogP contribution in [-0.2, 0) is 16.7 Å². The maximum absolute atomic E-state index is 11.6. The molecule has 1 heterocycles. The summed E-state index contributed by atoms with van der Waals surface area (Å²) in [5.41, 5.74) is 5.75. The van der Waals surface area contributed by atoms with Crippen LogP contribution in [0.15, 0.2) is 47.4 Å². The van der Waals surface area contributed by atoms with E-state index in [0.717, 1.165) is 42.0 Å². The van der Waals surface area contributed by atoms with Gasteiger partial charge in [-0.1, -0.05) is 64.7 Å². The predicted molar refractivity (Wildman–Crippen MR) is 135 cm³/mol. The zero-order valence-electron chi connectivity index (χ0n) is 19.5. The van der Waals surface area contributed by atoms with E-state index < -0.39 is 10.1 Å². The van der Waals surface area contributed by atoms with Gasteiger partial charge in [-0.2, -0.15) is 8.42 Å². The number of imidazole rings is 1. The Morgan fingerprint density at radius 1 is 0.909 bits per heavy atom. The summed E-state index contributed by atoms with van der Waals surface area (Å²) in [6.07, 6.45) is 12.6. The number of unbranched alkanes of at least 4 members (excludes halogenated alkanes) is 9. The molecule has 0 saturated carbocycles. The second-order valence-corrected chi connectivity index (χ2v) is 10.0. The Kier molecular flexibility index (Phi) is 9.29. The maximum atomic E-state index is 11.6. The van der Waals surface area contributed by atoms with Gasteiger partial charge in [0, 0.05) is 17.8 Å². The number of nitrogen functional groups attached to an aromatic ring is 1. The number of hydrazine groups is 1. The summed E-state index contributed by atoms with van der Waals surface area (Å²) in [7, 11) is -4.28. The number of hydrogen-bond acceptors (Lipinski definition) is 5. The van der Waals surface area contributed by atoms with Crippen molar-refractivity contribution in [3.63, 3.8) is 0 Å². The fourth-order valence-corrected chi connectivity index (χ4v) is 4.69. The molecule has 0 unspecified atom stereocenters. The smallest absolute Gasteiger partial charge is 0.294 e. The largest absolute Gasteiger partial charge is 0.324 e. The number of hydrogen-bond donors (Lipinski definition) is 3. The van der Waals surface area contributed by atoms with Gasteiger partial charge in [0.15, 0.2) is 0 Å². The molecule has 0 spiro atoms. The normalized spacial score (nSPS) is 11.8. The Balaban J connectivity index is 1.70. The standard InChI is InChI=1S/C25H36N4O3S/c1-2-3-4-5-6-7-8-9-10-11-18-29-24-17-16-22(33(30,31)32)19-23(24)27-25(29)20-12-14-21(28-26)15-13-20/h12-17,19,28H,2-11,18,26H2,1H3,(H,30,31,32). The second kappa shape index (κ2) is 12.2. The number of anilines is 1. The Bertz CT molecular complexity index is 1120. The van der Waals surface area contributed by atoms with Gasteiger partial charge >= 0.3 is 0 Å². The summed E-state index contributed by atoms with van der Waals surface area (Å²) in [6, 6.07) is 12.2. The third-order valence-corrected chi connectivity index (χ3v) is 6.91. The van der Waals surface area contributed by atoms with Gasteiger partial charge in [-0.05, 0) is 48.9 Å². The number of rotatable bonds is 14. The van der Waals surface area contributed by atoms with Crippen LogP contribution in [0.25, 0.3) is 22.4 Å². The zero-order chi connectivity index (χ0) is 23.7. The molecule has 0 fully saturated rings. The molecule has 0 aliphatic rings. The number of aryl methyl sites for hydroxylation is 1. The first-order chi connectivity index (χ1) is 15.9. The minimum absolute atomic E-state index is 0.146. The van der Waals surface area contributed by atoms with Gasteiger partial charge in [0.25, 0.3) is 10.1 Å². The Hall–Kier alpha value is -2.42. The molecule has 0 amide bonds. The molecule has 0 aliphatic heterocycles. The van der Waals surface area contributed by atoms with Crippen LogP contribution in [0.3, 0.4) is 0 Å². The summed E-state index contributed by atoms with van der Waals surface area (Å²) >= 11 is 0. The lowest BCUT2D eigenvalue weighted by molar-refractivity contribution is 0.483. The highest BCUT2D eigenvalue weighted by atomic mass is 32.2. The van der Waals surface area contributed by atoms with E-state index in [2.05, 4.69) is 16.9 Å². The molecule has 0 aliphatic carbocycles. The van der Waals surface area contributed by atoms with E-state index in [9.17, 15) is 13.0 Å². The first-order valence-electron chi connectivity index (χ1n) is 12.0. The minimum Gasteiger partial charge on any atom is -0.324 e. The molecular formula is C25H36N4O3S. The summed E-state index contributed by atoms with van der Waals surface area (Å²) in [5, 5.41) is 0. The maximum Gasteiger partial charge on any atom is 0.294 e. The van der Waals surface area contributed by atoms with Crippen molar-refractivity contribution >= 4 is 26.8 Å². The number of nitrogens with zero attached hydrogens (tertiary/aromatic N) is 2. The lowest BCUT2D eigenvalue weighted by Crippen LogP contribution is -2.06. The fourth-order valence-electron chi connectivity index (χ4n) is 4.19. The molecular weight excluding hydrogens is 436 g/mol. The summed E-state index contributed by atoms with van der Waals surface area (Å²) in [6.45, 7) is 3.04. The van der Waals surface area contributed by atoms with Crippen molar-refractivity contribution in [1.82, 2.24) is 9.55 Å². The molecule has 0 radical (unpaired) electrons. The van der Waals surface area contributed by atoms with E-state index in [1.54, 1.807) is 6.07 Å². The number of benzene rings is 2.